The van der Waals surface area contributed by atoms with E-state index in [0.717, 1.165) is 41.4 Å². The van der Waals surface area contributed by atoms with E-state index in [9.17, 15) is 8.42 Å². The summed E-state index contributed by atoms with van der Waals surface area (Å²) in [4.78, 5) is 27.2. The molecule has 0 N–H and O–H groups in total. The van der Waals surface area contributed by atoms with E-state index in [1.54, 1.807) is 22.8 Å². The molecule has 37 heavy (non-hydrogen) atoms. The maximum Gasteiger partial charge on any atom is 0.216 e. The molecule has 0 bridgehead atoms. The number of pyridine rings is 1. The molecule has 0 spiro atoms. The SMILES string of the molecule is COCCS(=O)(=O)N1CCN(c2cc(C)nc(N3CCc4nc(-c5ncccn5)ncc4C3C)c2)CC1. The molecule has 5 heterocycles. The lowest BCUT2D eigenvalue weighted by Crippen LogP contribution is -2.49. The molecule has 3 aromatic rings. The summed E-state index contributed by atoms with van der Waals surface area (Å²) in [5.41, 5.74) is 4.07. The molecule has 0 aliphatic carbocycles. The van der Waals surface area contributed by atoms with Crippen molar-refractivity contribution in [2.45, 2.75) is 26.3 Å². The number of hydrogen-bond acceptors (Lipinski definition) is 10. The number of piperazine rings is 1. The number of sulfonamides is 1. The van der Waals surface area contributed by atoms with Gasteiger partial charge in [-0.05, 0) is 26.0 Å². The second-order valence-corrected chi connectivity index (χ2v) is 11.4. The molecule has 2 aliphatic heterocycles. The van der Waals surface area contributed by atoms with Gasteiger partial charge in [0.25, 0.3) is 0 Å². The summed E-state index contributed by atoms with van der Waals surface area (Å²) in [6.45, 7) is 7.31. The molecule has 5 rings (SSSR count). The summed E-state index contributed by atoms with van der Waals surface area (Å²) < 4.78 is 31.6. The van der Waals surface area contributed by atoms with E-state index in [-0.39, 0.29) is 18.4 Å². The minimum absolute atomic E-state index is 0.0138. The number of rotatable bonds is 7. The topological polar surface area (TPSA) is 118 Å². The first kappa shape index (κ1) is 25.4. The molecular weight excluding hydrogens is 492 g/mol. The molecule has 0 amide bonds. The van der Waals surface area contributed by atoms with Crippen LogP contribution in [0.1, 0.15) is 29.9 Å². The molecule has 12 heteroatoms. The molecule has 2 aliphatic rings. The van der Waals surface area contributed by atoms with Crippen LogP contribution in [0.2, 0.25) is 0 Å². The summed E-state index contributed by atoms with van der Waals surface area (Å²) in [5, 5.41) is 0. The van der Waals surface area contributed by atoms with Crippen molar-refractivity contribution >= 4 is 21.5 Å². The number of anilines is 2. The normalized spacial score (nSPS) is 18.6. The van der Waals surface area contributed by atoms with E-state index in [1.807, 2.05) is 13.1 Å². The van der Waals surface area contributed by atoms with E-state index in [1.165, 1.54) is 7.11 Å². The van der Waals surface area contributed by atoms with Crippen LogP contribution in [0.15, 0.2) is 36.8 Å². The Bertz CT molecular complexity index is 1350. The maximum atomic E-state index is 12.5. The van der Waals surface area contributed by atoms with Crippen LogP contribution in [0.3, 0.4) is 0 Å². The quantitative estimate of drug-likeness (QED) is 0.453. The highest BCUT2D eigenvalue weighted by Gasteiger charge is 2.30. The standard InChI is InChI=1S/C25H32N8O3S/c1-18-15-20(31-9-11-32(12-10-31)37(34,35)14-13-36-3)16-23(29-18)33-8-5-22-21(19(33)2)17-28-25(30-22)24-26-6-4-7-27-24/h4,6-7,15-17,19H,5,8-14H2,1-3H3. The largest absolute Gasteiger partial charge is 0.384 e. The highest BCUT2D eigenvalue weighted by molar-refractivity contribution is 7.89. The Balaban J connectivity index is 1.32. The third-order valence-corrected chi connectivity index (χ3v) is 8.77. The van der Waals surface area contributed by atoms with Crippen molar-refractivity contribution in [3.8, 4) is 11.6 Å². The summed E-state index contributed by atoms with van der Waals surface area (Å²) >= 11 is 0. The highest BCUT2D eigenvalue weighted by Crippen LogP contribution is 2.34. The van der Waals surface area contributed by atoms with Crippen LogP contribution in [0.4, 0.5) is 11.5 Å². The Morgan fingerprint density at radius 1 is 1.00 bits per heavy atom. The molecule has 3 aromatic heterocycles. The zero-order valence-corrected chi connectivity index (χ0v) is 22.2. The lowest BCUT2D eigenvalue weighted by atomic mass is 9.99. The monoisotopic (exact) mass is 524 g/mol. The third-order valence-electron chi connectivity index (χ3n) is 6.93. The Morgan fingerprint density at radius 3 is 2.49 bits per heavy atom. The number of ether oxygens (including phenoxy) is 1. The highest BCUT2D eigenvalue weighted by atomic mass is 32.2. The lowest BCUT2D eigenvalue weighted by molar-refractivity contribution is 0.215. The molecule has 1 saturated heterocycles. The molecule has 11 nitrogen and oxygen atoms in total. The minimum Gasteiger partial charge on any atom is -0.384 e. The van der Waals surface area contributed by atoms with Gasteiger partial charge in [0.2, 0.25) is 10.0 Å². The fraction of sp³-hybridized carbons (Fsp3) is 0.480. The Kier molecular flexibility index (Phi) is 7.31. The van der Waals surface area contributed by atoms with Crippen molar-refractivity contribution in [2.24, 2.45) is 0 Å². The number of hydrogen-bond donors (Lipinski definition) is 0. The van der Waals surface area contributed by atoms with Crippen LogP contribution in [0.25, 0.3) is 11.6 Å². The predicted molar refractivity (Wildman–Crippen MR) is 141 cm³/mol. The second kappa shape index (κ2) is 10.6. The molecule has 0 saturated carbocycles. The molecule has 196 valence electrons. The van der Waals surface area contributed by atoms with Crippen molar-refractivity contribution in [1.82, 2.24) is 29.2 Å². The second-order valence-electron chi connectivity index (χ2n) is 9.31. The first-order valence-corrected chi connectivity index (χ1v) is 14.1. The Hall–Kier alpha value is -3.22. The van der Waals surface area contributed by atoms with Gasteiger partial charge in [-0.25, -0.2) is 33.3 Å². The van der Waals surface area contributed by atoms with E-state index in [0.29, 0.717) is 37.8 Å². The zero-order valence-electron chi connectivity index (χ0n) is 21.4. The van der Waals surface area contributed by atoms with Gasteiger partial charge in [-0.3, -0.25) is 0 Å². The first-order chi connectivity index (χ1) is 17.9. The van der Waals surface area contributed by atoms with Crippen LogP contribution in [0, 0.1) is 6.92 Å². The number of nitrogens with zero attached hydrogens (tertiary/aromatic N) is 8. The van der Waals surface area contributed by atoms with Gasteiger partial charge >= 0.3 is 0 Å². The average molecular weight is 525 g/mol. The van der Waals surface area contributed by atoms with Crippen LogP contribution in [0.5, 0.6) is 0 Å². The van der Waals surface area contributed by atoms with Gasteiger partial charge in [0, 0.05) is 87.9 Å². The molecule has 0 aromatic carbocycles. The number of fused-ring (bicyclic) bond motifs is 1. The van der Waals surface area contributed by atoms with Gasteiger partial charge in [-0.1, -0.05) is 0 Å². The van der Waals surface area contributed by atoms with E-state index in [2.05, 4.69) is 43.8 Å². The van der Waals surface area contributed by atoms with Gasteiger partial charge in [-0.2, -0.15) is 4.31 Å². The molecule has 1 atom stereocenters. The van der Waals surface area contributed by atoms with Crippen molar-refractivity contribution in [2.75, 3.05) is 62.0 Å². The fourth-order valence-electron chi connectivity index (χ4n) is 4.90. The van der Waals surface area contributed by atoms with Gasteiger partial charge in [0.15, 0.2) is 11.6 Å². The minimum atomic E-state index is -3.30. The molecule has 1 fully saturated rings. The number of aryl methyl sites for hydroxylation is 1. The van der Waals surface area contributed by atoms with Crippen molar-refractivity contribution in [3.63, 3.8) is 0 Å². The zero-order chi connectivity index (χ0) is 26.0. The van der Waals surface area contributed by atoms with Gasteiger partial charge in [0.1, 0.15) is 5.82 Å². The molecular formula is C25H32N8O3S. The van der Waals surface area contributed by atoms with Gasteiger partial charge in [-0.15, -0.1) is 0 Å². The van der Waals surface area contributed by atoms with Crippen LogP contribution < -0.4 is 9.80 Å². The van der Waals surface area contributed by atoms with Crippen molar-refractivity contribution in [3.05, 3.63) is 53.7 Å². The summed E-state index contributed by atoms with van der Waals surface area (Å²) in [5.74, 6) is 1.98. The molecule has 1 unspecified atom stereocenters. The number of methoxy groups -OCH3 is 1. The summed E-state index contributed by atoms with van der Waals surface area (Å²) in [6, 6.07) is 6.00. The fourth-order valence-corrected chi connectivity index (χ4v) is 6.26. The maximum absolute atomic E-state index is 12.5. The van der Waals surface area contributed by atoms with E-state index in [4.69, 9.17) is 14.7 Å². The third kappa shape index (κ3) is 5.41. The smallest absolute Gasteiger partial charge is 0.216 e. The molecule has 0 radical (unpaired) electrons. The van der Waals surface area contributed by atoms with Crippen LogP contribution in [-0.2, 0) is 21.2 Å². The predicted octanol–water partition coefficient (Wildman–Crippen LogP) is 1.86. The Morgan fingerprint density at radius 2 is 1.76 bits per heavy atom. The van der Waals surface area contributed by atoms with Gasteiger partial charge in [0.05, 0.1) is 24.1 Å². The Labute approximate surface area is 217 Å². The van der Waals surface area contributed by atoms with E-state index >= 15 is 0 Å². The summed E-state index contributed by atoms with van der Waals surface area (Å²) in [7, 11) is -1.78. The van der Waals surface area contributed by atoms with Crippen molar-refractivity contribution in [1.29, 1.82) is 0 Å². The number of aromatic nitrogens is 5. The first-order valence-electron chi connectivity index (χ1n) is 12.5. The van der Waals surface area contributed by atoms with E-state index < -0.39 is 10.0 Å². The van der Waals surface area contributed by atoms with Crippen molar-refractivity contribution < 1.29 is 13.2 Å². The average Bonchev–Trinajstić information content (AvgIpc) is 2.92. The van der Waals surface area contributed by atoms with Crippen LogP contribution >= 0.6 is 0 Å². The van der Waals surface area contributed by atoms with Gasteiger partial charge < -0.3 is 14.5 Å². The lowest BCUT2D eigenvalue weighted by Gasteiger charge is -2.38. The summed E-state index contributed by atoms with van der Waals surface area (Å²) in [6.07, 6.45) is 6.03. The van der Waals surface area contributed by atoms with Crippen LogP contribution in [-0.4, -0.2) is 89.8 Å².